The van der Waals surface area contributed by atoms with Crippen molar-refractivity contribution in [2.75, 3.05) is 19.6 Å². The predicted molar refractivity (Wildman–Crippen MR) is 113 cm³/mol. The van der Waals surface area contributed by atoms with E-state index in [1.165, 1.54) is 12.5 Å². The van der Waals surface area contributed by atoms with Gasteiger partial charge in [-0.1, -0.05) is 18.2 Å². The van der Waals surface area contributed by atoms with E-state index in [0.717, 1.165) is 30.6 Å². The maximum absolute atomic E-state index is 12.7. The molecule has 2 amide bonds. The molecule has 0 saturated carbocycles. The van der Waals surface area contributed by atoms with E-state index in [0.29, 0.717) is 25.2 Å². The Labute approximate surface area is 177 Å². The third-order valence-corrected chi connectivity index (χ3v) is 4.71. The monoisotopic (exact) mass is 414 g/mol. The highest BCUT2D eigenvalue weighted by atomic mass is 16.6. The van der Waals surface area contributed by atoms with E-state index in [2.05, 4.69) is 11.4 Å². The van der Waals surface area contributed by atoms with Gasteiger partial charge >= 0.3 is 6.09 Å². The minimum absolute atomic E-state index is 0.0873. The van der Waals surface area contributed by atoms with E-state index in [1.807, 2.05) is 39.0 Å². The SMILES string of the molecule is CC(C)(C)OC(=O)N(CCCCNC(=O)c1ccoc1)CC1Cc2ccccc2O1. The number of amides is 2. The van der Waals surface area contributed by atoms with E-state index in [4.69, 9.17) is 13.9 Å². The minimum Gasteiger partial charge on any atom is -0.488 e. The lowest BCUT2D eigenvalue weighted by molar-refractivity contribution is 0.0179. The van der Waals surface area contributed by atoms with Crippen molar-refractivity contribution in [3.05, 3.63) is 54.0 Å². The summed E-state index contributed by atoms with van der Waals surface area (Å²) in [5, 5.41) is 2.85. The van der Waals surface area contributed by atoms with Crippen molar-refractivity contribution in [3.8, 4) is 5.75 Å². The number of nitrogens with zero attached hydrogens (tertiary/aromatic N) is 1. The van der Waals surface area contributed by atoms with Crippen LogP contribution >= 0.6 is 0 Å². The van der Waals surface area contributed by atoms with Gasteiger partial charge in [-0.25, -0.2) is 4.79 Å². The molecule has 1 aliphatic rings. The van der Waals surface area contributed by atoms with Crippen molar-refractivity contribution in [1.82, 2.24) is 10.2 Å². The number of carbonyl (C=O) groups excluding carboxylic acids is 2. The molecule has 1 aliphatic heterocycles. The van der Waals surface area contributed by atoms with Crippen LogP contribution in [0.25, 0.3) is 0 Å². The summed E-state index contributed by atoms with van der Waals surface area (Å²) in [5.41, 5.74) is 1.10. The van der Waals surface area contributed by atoms with Gasteiger partial charge in [-0.2, -0.15) is 0 Å². The highest BCUT2D eigenvalue weighted by Crippen LogP contribution is 2.28. The van der Waals surface area contributed by atoms with Crippen LogP contribution in [-0.2, 0) is 11.2 Å². The van der Waals surface area contributed by atoms with E-state index >= 15 is 0 Å². The molecule has 7 heteroatoms. The molecule has 7 nitrogen and oxygen atoms in total. The number of carbonyl (C=O) groups is 2. The van der Waals surface area contributed by atoms with Crippen LogP contribution in [0.2, 0.25) is 0 Å². The van der Waals surface area contributed by atoms with Crippen LogP contribution < -0.4 is 10.1 Å². The molecule has 0 fully saturated rings. The first-order valence-electron chi connectivity index (χ1n) is 10.3. The van der Waals surface area contributed by atoms with E-state index < -0.39 is 5.60 Å². The first-order valence-corrected chi connectivity index (χ1v) is 10.3. The molecular weight excluding hydrogens is 384 g/mol. The van der Waals surface area contributed by atoms with Crippen molar-refractivity contribution in [1.29, 1.82) is 0 Å². The lowest BCUT2D eigenvalue weighted by Gasteiger charge is -2.29. The molecule has 1 N–H and O–H groups in total. The van der Waals surface area contributed by atoms with E-state index in [1.54, 1.807) is 11.0 Å². The van der Waals surface area contributed by atoms with Crippen molar-refractivity contribution in [2.45, 2.75) is 51.7 Å². The summed E-state index contributed by atoms with van der Waals surface area (Å²) in [6.45, 7) is 7.10. The number of para-hydroxylation sites is 1. The standard InChI is InChI=1S/C23H30N2O5/c1-23(2,3)30-22(27)25(15-19-14-17-8-4-5-9-20(17)29-19)12-7-6-11-24-21(26)18-10-13-28-16-18/h4-5,8-10,13,16,19H,6-7,11-12,14-15H2,1-3H3,(H,24,26). The molecule has 1 aromatic heterocycles. The Balaban J connectivity index is 1.49. The average molecular weight is 415 g/mol. The van der Waals surface area contributed by atoms with Gasteiger partial charge in [0.05, 0.1) is 18.4 Å². The fourth-order valence-corrected chi connectivity index (χ4v) is 3.31. The summed E-state index contributed by atoms with van der Waals surface area (Å²) < 4.78 is 16.5. The Morgan fingerprint density at radius 3 is 2.70 bits per heavy atom. The topological polar surface area (TPSA) is 81.0 Å². The molecule has 162 valence electrons. The molecule has 2 aromatic rings. The molecule has 0 spiro atoms. The van der Waals surface area contributed by atoms with Gasteiger partial charge in [-0.05, 0) is 51.3 Å². The molecule has 1 aromatic carbocycles. The summed E-state index contributed by atoms with van der Waals surface area (Å²) in [6.07, 6.45) is 4.71. The third-order valence-electron chi connectivity index (χ3n) is 4.71. The van der Waals surface area contributed by atoms with Gasteiger partial charge in [-0.15, -0.1) is 0 Å². The maximum Gasteiger partial charge on any atom is 0.410 e. The second-order valence-electron chi connectivity index (χ2n) is 8.45. The largest absolute Gasteiger partial charge is 0.488 e. The van der Waals surface area contributed by atoms with Crippen molar-refractivity contribution >= 4 is 12.0 Å². The molecule has 0 radical (unpaired) electrons. The molecule has 1 atom stereocenters. The number of unbranched alkanes of at least 4 members (excludes halogenated alkanes) is 1. The highest BCUT2D eigenvalue weighted by molar-refractivity contribution is 5.93. The molecule has 0 bridgehead atoms. The fraction of sp³-hybridized carbons (Fsp3) is 0.478. The van der Waals surface area contributed by atoms with Crippen LogP contribution in [-0.4, -0.2) is 48.2 Å². The normalized spacial score (nSPS) is 15.2. The van der Waals surface area contributed by atoms with Crippen LogP contribution in [0.1, 0.15) is 49.5 Å². The van der Waals surface area contributed by atoms with Crippen LogP contribution in [0.3, 0.4) is 0 Å². The summed E-state index contributed by atoms with van der Waals surface area (Å²) in [4.78, 5) is 26.4. The zero-order valence-corrected chi connectivity index (χ0v) is 17.8. The Hall–Kier alpha value is -2.96. The first kappa shape index (κ1) is 21.7. The molecule has 0 saturated heterocycles. The Bertz CT molecular complexity index is 817. The molecular formula is C23H30N2O5. The van der Waals surface area contributed by atoms with Gasteiger partial charge in [0.2, 0.25) is 0 Å². The molecule has 1 unspecified atom stereocenters. The van der Waals surface area contributed by atoms with Crippen LogP contribution in [0.15, 0.2) is 47.3 Å². The Morgan fingerprint density at radius 1 is 1.20 bits per heavy atom. The molecule has 0 aliphatic carbocycles. The summed E-state index contributed by atoms with van der Waals surface area (Å²) in [6, 6.07) is 9.57. The van der Waals surface area contributed by atoms with E-state index in [-0.39, 0.29) is 18.1 Å². The number of ether oxygens (including phenoxy) is 2. The van der Waals surface area contributed by atoms with Gasteiger partial charge < -0.3 is 24.1 Å². The second-order valence-corrected chi connectivity index (χ2v) is 8.45. The molecule has 30 heavy (non-hydrogen) atoms. The van der Waals surface area contributed by atoms with Gasteiger partial charge in [0.15, 0.2) is 0 Å². The predicted octanol–water partition coefficient (Wildman–Crippen LogP) is 4.03. The lowest BCUT2D eigenvalue weighted by Crippen LogP contribution is -2.42. The zero-order chi connectivity index (χ0) is 21.6. The average Bonchev–Trinajstić information content (AvgIpc) is 3.34. The number of fused-ring (bicyclic) bond motifs is 1. The van der Waals surface area contributed by atoms with Crippen molar-refractivity contribution in [3.63, 3.8) is 0 Å². The number of furan rings is 1. The van der Waals surface area contributed by atoms with Gasteiger partial charge in [0.1, 0.15) is 23.7 Å². The van der Waals surface area contributed by atoms with Gasteiger partial charge in [-0.3, -0.25) is 4.79 Å². The van der Waals surface area contributed by atoms with Gasteiger partial charge in [0, 0.05) is 19.5 Å². The highest BCUT2D eigenvalue weighted by Gasteiger charge is 2.29. The summed E-state index contributed by atoms with van der Waals surface area (Å²) in [5.74, 6) is 0.721. The third kappa shape index (κ3) is 6.27. The fourth-order valence-electron chi connectivity index (χ4n) is 3.31. The van der Waals surface area contributed by atoms with Gasteiger partial charge in [0.25, 0.3) is 5.91 Å². The molecule has 2 heterocycles. The molecule has 3 rings (SSSR count). The number of nitrogens with one attached hydrogen (secondary N) is 1. The summed E-state index contributed by atoms with van der Waals surface area (Å²) >= 11 is 0. The number of rotatable bonds is 8. The quantitative estimate of drug-likeness (QED) is 0.660. The van der Waals surface area contributed by atoms with Crippen molar-refractivity contribution in [2.24, 2.45) is 0 Å². The number of hydrogen-bond donors (Lipinski definition) is 1. The van der Waals surface area contributed by atoms with Crippen LogP contribution in [0.5, 0.6) is 5.75 Å². The maximum atomic E-state index is 12.7. The zero-order valence-electron chi connectivity index (χ0n) is 17.8. The Morgan fingerprint density at radius 2 is 2.00 bits per heavy atom. The van der Waals surface area contributed by atoms with Crippen molar-refractivity contribution < 1.29 is 23.5 Å². The second kappa shape index (κ2) is 9.69. The van der Waals surface area contributed by atoms with Crippen LogP contribution in [0, 0.1) is 0 Å². The van der Waals surface area contributed by atoms with E-state index in [9.17, 15) is 9.59 Å². The lowest BCUT2D eigenvalue weighted by atomic mass is 10.1. The number of hydrogen-bond acceptors (Lipinski definition) is 5. The Kier molecular flexibility index (Phi) is 7.03. The first-order chi connectivity index (χ1) is 14.3. The smallest absolute Gasteiger partial charge is 0.410 e. The van der Waals surface area contributed by atoms with Crippen LogP contribution in [0.4, 0.5) is 4.79 Å². The number of benzene rings is 1. The summed E-state index contributed by atoms with van der Waals surface area (Å²) in [7, 11) is 0. The minimum atomic E-state index is -0.562.